The van der Waals surface area contributed by atoms with Crippen molar-refractivity contribution in [3.8, 4) is 6.07 Å². The highest BCUT2D eigenvalue weighted by molar-refractivity contribution is 6.02. The summed E-state index contributed by atoms with van der Waals surface area (Å²) >= 11 is 0. The van der Waals surface area contributed by atoms with E-state index in [1.54, 1.807) is 30.2 Å². The number of amides is 1. The van der Waals surface area contributed by atoms with Crippen LogP contribution in [0.25, 0.3) is 21.9 Å². The Morgan fingerprint density at radius 1 is 1.41 bits per heavy atom. The molecule has 4 heterocycles. The molecule has 0 radical (unpaired) electrons. The van der Waals surface area contributed by atoms with Crippen molar-refractivity contribution < 1.29 is 9.53 Å². The molecule has 160 valence electrons. The standard InChI is InChI=1S/C23H21N7O2/c1-14-7-17(5-6-32-14)30-21(12-26-23(31)16-10-27-29(2)13-16)28-20-11-25-19-4-3-15(9-24)8-18(19)22(20)30/h8,10-11,13-14,17H,5-7,12H2,1-2H3,(H,26,31)/t14-,17?/m1/s1. The molecule has 3 aromatic heterocycles. The summed E-state index contributed by atoms with van der Waals surface area (Å²) in [5.41, 5.74) is 3.12. The number of aryl methyl sites for hydroxylation is 1. The lowest BCUT2D eigenvalue weighted by Crippen LogP contribution is -2.29. The number of rotatable bonds is 4. The van der Waals surface area contributed by atoms with Gasteiger partial charge in [-0.3, -0.25) is 9.48 Å². The molecule has 2 atom stereocenters. The smallest absolute Gasteiger partial charge is 0.254 e. The van der Waals surface area contributed by atoms with Gasteiger partial charge in [0.15, 0.2) is 0 Å². The largest absolute Gasteiger partial charge is 0.378 e. The van der Waals surface area contributed by atoms with Crippen LogP contribution in [-0.2, 0) is 18.3 Å². The zero-order chi connectivity index (χ0) is 22.2. The van der Waals surface area contributed by atoms with Gasteiger partial charge in [-0.05, 0) is 38.0 Å². The molecule has 0 saturated carbocycles. The van der Waals surface area contributed by atoms with Crippen LogP contribution in [0.4, 0.5) is 0 Å². The zero-order valence-electron chi connectivity index (χ0n) is 17.8. The van der Waals surface area contributed by atoms with Crippen LogP contribution in [0, 0.1) is 23.5 Å². The number of carbonyl (C=O) groups excluding carboxylic acids is 1. The minimum atomic E-state index is -0.213. The summed E-state index contributed by atoms with van der Waals surface area (Å²) in [6.07, 6.45) is 6.69. The fourth-order valence-corrected chi connectivity index (χ4v) is 4.29. The molecule has 5 rings (SSSR count). The summed E-state index contributed by atoms with van der Waals surface area (Å²) in [4.78, 5) is 21.9. The number of pyridine rings is 1. The van der Waals surface area contributed by atoms with E-state index in [-0.39, 0.29) is 24.6 Å². The van der Waals surface area contributed by atoms with Gasteiger partial charge in [0, 0.05) is 31.3 Å². The molecule has 1 aliphatic rings. The Labute approximate surface area is 184 Å². The third-order valence-corrected chi connectivity index (χ3v) is 5.76. The first-order valence-corrected chi connectivity index (χ1v) is 10.5. The first-order valence-electron chi connectivity index (χ1n) is 10.5. The predicted molar refractivity (Wildman–Crippen MR) is 115 cm³/mol. The molecular formula is C23H21N7O2. The van der Waals surface area contributed by atoms with Crippen LogP contribution in [0.5, 0.6) is 0 Å². The molecule has 1 N–H and O–H groups in total. The van der Waals surface area contributed by atoms with Crippen molar-refractivity contribution in [3.63, 3.8) is 0 Å². The predicted octanol–water partition coefficient (Wildman–Crippen LogP) is 2.46. The third kappa shape index (κ3) is 3.53. The van der Waals surface area contributed by atoms with Crippen molar-refractivity contribution in [1.82, 2.24) is 29.6 Å². The molecule has 1 aliphatic heterocycles. The minimum Gasteiger partial charge on any atom is -0.378 e. The monoisotopic (exact) mass is 427 g/mol. The molecule has 32 heavy (non-hydrogen) atoms. The number of nitrogens with zero attached hydrogens (tertiary/aromatic N) is 6. The summed E-state index contributed by atoms with van der Waals surface area (Å²) in [5.74, 6) is 0.520. The van der Waals surface area contributed by atoms with Crippen molar-refractivity contribution in [2.24, 2.45) is 7.05 Å². The number of fused-ring (bicyclic) bond motifs is 3. The second kappa shape index (κ2) is 7.95. The van der Waals surface area contributed by atoms with E-state index in [9.17, 15) is 10.1 Å². The molecule has 9 heteroatoms. The van der Waals surface area contributed by atoms with Crippen molar-refractivity contribution in [2.75, 3.05) is 6.61 Å². The normalized spacial score (nSPS) is 18.4. The third-order valence-electron chi connectivity index (χ3n) is 5.76. The Hall–Kier alpha value is -3.95. The molecule has 1 unspecified atom stereocenters. The Kier molecular flexibility index (Phi) is 4.96. The number of hydrogen-bond donors (Lipinski definition) is 1. The van der Waals surface area contributed by atoms with Gasteiger partial charge < -0.3 is 14.6 Å². The van der Waals surface area contributed by atoms with Crippen LogP contribution in [0.3, 0.4) is 0 Å². The average molecular weight is 427 g/mol. The molecule has 0 spiro atoms. The topological polar surface area (TPSA) is 111 Å². The molecule has 1 aromatic carbocycles. The molecule has 1 amide bonds. The Morgan fingerprint density at radius 3 is 3.03 bits per heavy atom. The molecule has 4 aromatic rings. The van der Waals surface area contributed by atoms with Crippen molar-refractivity contribution in [3.05, 3.63) is 53.7 Å². The van der Waals surface area contributed by atoms with Crippen LogP contribution in [-0.4, -0.2) is 42.9 Å². The summed E-state index contributed by atoms with van der Waals surface area (Å²) < 4.78 is 9.53. The highest BCUT2D eigenvalue weighted by Crippen LogP contribution is 2.33. The van der Waals surface area contributed by atoms with Gasteiger partial charge in [0.1, 0.15) is 28.5 Å². The molecule has 1 fully saturated rings. The number of nitrogens with one attached hydrogen (secondary N) is 1. The average Bonchev–Trinajstić information content (AvgIpc) is 3.40. The summed E-state index contributed by atoms with van der Waals surface area (Å²) in [6.45, 7) is 2.97. The maximum absolute atomic E-state index is 12.6. The van der Waals surface area contributed by atoms with Gasteiger partial charge in [-0.15, -0.1) is 0 Å². The van der Waals surface area contributed by atoms with E-state index in [0.717, 1.165) is 29.6 Å². The van der Waals surface area contributed by atoms with Gasteiger partial charge in [-0.25, -0.2) is 9.97 Å². The summed E-state index contributed by atoms with van der Waals surface area (Å²) in [7, 11) is 1.77. The molecule has 9 nitrogen and oxygen atoms in total. The second-order valence-corrected chi connectivity index (χ2v) is 8.02. The van der Waals surface area contributed by atoms with E-state index >= 15 is 0 Å². The fourth-order valence-electron chi connectivity index (χ4n) is 4.29. The minimum absolute atomic E-state index is 0.117. The van der Waals surface area contributed by atoms with Gasteiger partial charge in [0.05, 0.1) is 36.1 Å². The SMILES string of the molecule is C[C@@H]1CC(n2c(CNC(=O)c3cnn(C)c3)nc3cnc4c#cc(C#N)cc4c32)CCO1. The van der Waals surface area contributed by atoms with E-state index in [1.165, 1.54) is 6.20 Å². The maximum Gasteiger partial charge on any atom is 0.254 e. The first kappa shape index (κ1) is 20.0. The maximum atomic E-state index is 12.6. The molecule has 1 saturated heterocycles. The number of imidazole rings is 1. The number of ether oxygens (including phenoxy) is 1. The van der Waals surface area contributed by atoms with E-state index in [0.29, 0.717) is 28.8 Å². The Bertz CT molecular complexity index is 1360. The van der Waals surface area contributed by atoms with Gasteiger partial charge >= 0.3 is 0 Å². The zero-order valence-corrected chi connectivity index (χ0v) is 17.8. The van der Waals surface area contributed by atoms with Crippen LogP contribution in [0.1, 0.15) is 47.6 Å². The highest BCUT2D eigenvalue weighted by atomic mass is 16.5. The number of nitriles is 1. The first-order chi connectivity index (χ1) is 15.5. The summed E-state index contributed by atoms with van der Waals surface area (Å²) in [6, 6.07) is 9.87. The van der Waals surface area contributed by atoms with Crippen LogP contribution < -0.4 is 5.32 Å². The fraction of sp³-hybridized carbons (Fsp3) is 0.348. The number of hydrogen-bond acceptors (Lipinski definition) is 6. The van der Waals surface area contributed by atoms with Crippen molar-refractivity contribution in [2.45, 2.75) is 38.5 Å². The number of aromatic nitrogens is 5. The van der Waals surface area contributed by atoms with Crippen LogP contribution in [0.15, 0.2) is 24.7 Å². The van der Waals surface area contributed by atoms with Crippen molar-refractivity contribution in [1.29, 1.82) is 5.26 Å². The van der Waals surface area contributed by atoms with Gasteiger partial charge in [-0.2, -0.15) is 10.4 Å². The highest BCUT2D eigenvalue weighted by Gasteiger charge is 2.26. The molecular weight excluding hydrogens is 406 g/mol. The van der Waals surface area contributed by atoms with E-state index in [4.69, 9.17) is 9.72 Å². The van der Waals surface area contributed by atoms with E-state index in [2.05, 4.69) is 45.1 Å². The van der Waals surface area contributed by atoms with E-state index in [1.807, 2.05) is 0 Å². The lowest BCUT2D eigenvalue weighted by Gasteiger charge is -2.30. The Morgan fingerprint density at radius 2 is 2.28 bits per heavy atom. The molecule has 0 aliphatic carbocycles. The van der Waals surface area contributed by atoms with Gasteiger partial charge in [-0.1, -0.05) is 0 Å². The Balaban J connectivity index is 1.61. The van der Waals surface area contributed by atoms with Crippen molar-refractivity contribution >= 4 is 27.8 Å². The van der Waals surface area contributed by atoms with Gasteiger partial charge in [0.2, 0.25) is 0 Å². The van der Waals surface area contributed by atoms with E-state index < -0.39 is 0 Å². The van der Waals surface area contributed by atoms with Crippen LogP contribution in [0.2, 0.25) is 0 Å². The quantitative estimate of drug-likeness (QED) is 0.536. The lowest BCUT2D eigenvalue weighted by atomic mass is 10.0. The van der Waals surface area contributed by atoms with Gasteiger partial charge in [0.25, 0.3) is 5.91 Å². The summed E-state index contributed by atoms with van der Waals surface area (Å²) in [5, 5.41) is 17.2. The number of carbonyl (C=O) groups is 1. The second-order valence-electron chi connectivity index (χ2n) is 8.02. The van der Waals surface area contributed by atoms with Crippen LogP contribution >= 0.6 is 0 Å². The lowest BCUT2D eigenvalue weighted by molar-refractivity contribution is 0.00619. The molecule has 0 bridgehead atoms.